The van der Waals surface area contributed by atoms with Gasteiger partial charge in [-0.3, -0.25) is 9.69 Å². The van der Waals surface area contributed by atoms with Gasteiger partial charge < -0.3 is 15.1 Å². The zero-order valence-electron chi connectivity index (χ0n) is 17.2. The third-order valence-corrected chi connectivity index (χ3v) is 6.55. The Morgan fingerprint density at radius 1 is 0.967 bits per heavy atom. The quantitative estimate of drug-likeness (QED) is 0.638. The Morgan fingerprint density at radius 2 is 1.70 bits per heavy atom. The summed E-state index contributed by atoms with van der Waals surface area (Å²) < 4.78 is 6.00. The lowest BCUT2D eigenvalue weighted by molar-refractivity contribution is 0.0211. The van der Waals surface area contributed by atoms with E-state index in [0.717, 1.165) is 42.9 Å². The third-order valence-electron chi connectivity index (χ3n) is 6.55. The smallest absolute Gasteiger partial charge is 0.287 e. The van der Waals surface area contributed by atoms with E-state index in [-0.39, 0.29) is 11.9 Å². The van der Waals surface area contributed by atoms with Crippen LogP contribution < -0.4 is 10.6 Å². The van der Waals surface area contributed by atoms with Gasteiger partial charge in [0.2, 0.25) is 0 Å². The van der Waals surface area contributed by atoms with Crippen molar-refractivity contribution in [2.45, 2.75) is 31.8 Å². The minimum atomic E-state index is -0.125. The fourth-order valence-corrected chi connectivity index (χ4v) is 4.86. The molecule has 3 aliphatic heterocycles. The number of hydrogen-bond acceptors (Lipinski definition) is 4. The van der Waals surface area contributed by atoms with Crippen LogP contribution >= 0.6 is 0 Å². The van der Waals surface area contributed by atoms with Crippen LogP contribution in [-0.4, -0.2) is 36.0 Å². The molecule has 3 saturated heterocycles. The van der Waals surface area contributed by atoms with Crippen molar-refractivity contribution in [3.8, 4) is 11.3 Å². The summed E-state index contributed by atoms with van der Waals surface area (Å²) in [5.41, 5.74) is 2.87. The zero-order chi connectivity index (χ0) is 20.5. The molecule has 5 nitrogen and oxygen atoms in total. The van der Waals surface area contributed by atoms with Crippen LogP contribution in [0.25, 0.3) is 11.3 Å². The van der Waals surface area contributed by atoms with E-state index in [4.69, 9.17) is 4.42 Å². The van der Waals surface area contributed by atoms with Gasteiger partial charge in [-0.25, -0.2) is 0 Å². The van der Waals surface area contributed by atoms with E-state index in [1.807, 2.05) is 60.7 Å². The molecule has 2 N–H and O–H groups in total. The molecule has 1 aromatic heterocycles. The Hall–Kier alpha value is -3.05. The van der Waals surface area contributed by atoms with E-state index in [2.05, 4.69) is 22.5 Å². The van der Waals surface area contributed by atoms with Crippen LogP contribution in [0.2, 0.25) is 0 Å². The van der Waals surface area contributed by atoms with Crippen LogP contribution in [0.1, 0.15) is 30.3 Å². The molecule has 0 radical (unpaired) electrons. The second-order valence-corrected chi connectivity index (χ2v) is 8.31. The van der Waals surface area contributed by atoms with Crippen LogP contribution in [0.3, 0.4) is 0 Å². The molecule has 30 heavy (non-hydrogen) atoms. The first-order chi connectivity index (χ1) is 14.7. The summed E-state index contributed by atoms with van der Waals surface area (Å²) in [5, 5.41) is 6.68. The molecule has 2 atom stereocenters. The van der Waals surface area contributed by atoms with Gasteiger partial charge >= 0.3 is 0 Å². The standard InChI is InChI=1S/C25H27N3O2/c1-17-24(18-13-15-28(17)16-14-18)27-25(29)23-12-11-22(30-23)20-9-5-6-10-21(20)26-19-7-3-2-4-8-19/h2-12,17-18,24,26H,13-16H2,1H3,(H,27,29). The molecule has 154 valence electrons. The van der Waals surface area contributed by atoms with Crippen LogP contribution in [0, 0.1) is 5.92 Å². The van der Waals surface area contributed by atoms with E-state index in [0.29, 0.717) is 23.5 Å². The van der Waals surface area contributed by atoms with Crippen LogP contribution in [0.4, 0.5) is 11.4 Å². The maximum Gasteiger partial charge on any atom is 0.287 e. The summed E-state index contributed by atoms with van der Waals surface area (Å²) in [6, 6.07) is 22.2. The maximum atomic E-state index is 12.9. The SMILES string of the molecule is CC1C(NC(=O)c2ccc(-c3ccccc3Nc3ccccc3)o2)C2CCN1CC2. The maximum absolute atomic E-state index is 12.9. The monoisotopic (exact) mass is 401 g/mol. The van der Waals surface area contributed by atoms with Gasteiger partial charge in [-0.2, -0.15) is 0 Å². The van der Waals surface area contributed by atoms with Crippen molar-refractivity contribution in [2.75, 3.05) is 18.4 Å². The number of rotatable bonds is 5. The topological polar surface area (TPSA) is 57.5 Å². The number of piperidine rings is 3. The van der Waals surface area contributed by atoms with Crippen molar-refractivity contribution in [1.29, 1.82) is 0 Å². The first kappa shape index (κ1) is 18.9. The molecule has 2 aromatic carbocycles. The van der Waals surface area contributed by atoms with Crippen molar-refractivity contribution in [3.63, 3.8) is 0 Å². The fourth-order valence-electron chi connectivity index (χ4n) is 4.86. The molecule has 6 rings (SSSR count). The molecular weight excluding hydrogens is 374 g/mol. The molecular formula is C25H27N3O2. The van der Waals surface area contributed by atoms with Gasteiger partial charge in [0.15, 0.2) is 5.76 Å². The van der Waals surface area contributed by atoms with Crippen LogP contribution in [0.15, 0.2) is 71.1 Å². The number of fused-ring (bicyclic) bond motifs is 3. The fraction of sp³-hybridized carbons (Fsp3) is 0.320. The molecule has 5 heteroatoms. The van der Waals surface area contributed by atoms with E-state index in [1.165, 1.54) is 0 Å². The van der Waals surface area contributed by atoms with Crippen LogP contribution in [0.5, 0.6) is 0 Å². The second kappa shape index (κ2) is 8.00. The molecule has 2 bridgehead atoms. The van der Waals surface area contributed by atoms with E-state index in [9.17, 15) is 4.79 Å². The Kier molecular flexibility index (Phi) is 5.05. The van der Waals surface area contributed by atoms with Gasteiger partial charge in [-0.05, 0) is 75.2 Å². The highest BCUT2D eigenvalue weighted by Gasteiger charge is 2.40. The Balaban J connectivity index is 1.34. The normalized spacial score (nSPS) is 25.1. The van der Waals surface area contributed by atoms with E-state index >= 15 is 0 Å². The first-order valence-corrected chi connectivity index (χ1v) is 10.8. The van der Waals surface area contributed by atoms with Crippen LogP contribution in [-0.2, 0) is 0 Å². The molecule has 0 spiro atoms. The number of carbonyl (C=O) groups excluding carboxylic acids is 1. The van der Waals surface area contributed by atoms with Crippen molar-refractivity contribution >= 4 is 17.3 Å². The highest BCUT2D eigenvalue weighted by atomic mass is 16.3. The molecule has 0 saturated carbocycles. The summed E-state index contributed by atoms with van der Waals surface area (Å²) in [5.74, 6) is 1.49. The van der Waals surface area contributed by atoms with E-state index in [1.54, 1.807) is 6.07 Å². The van der Waals surface area contributed by atoms with Gasteiger partial charge in [0.1, 0.15) is 5.76 Å². The minimum absolute atomic E-state index is 0.125. The zero-order valence-corrected chi connectivity index (χ0v) is 17.2. The summed E-state index contributed by atoms with van der Waals surface area (Å²) in [6.07, 6.45) is 2.33. The number of para-hydroxylation sites is 2. The molecule has 1 amide bonds. The summed E-state index contributed by atoms with van der Waals surface area (Å²) in [4.78, 5) is 15.4. The first-order valence-electron chi connectivity index (χ1n) is 10.8. The highest BCUT2D eigenvalue weighted by molar-refractivity contribution is 5.92. The van der Waals surface area contributed by atoms with Gasteiger partial charge in [0, 0.05) is 29.0 Å². The van der Waals surface area contributed by atoms with E-state index < -0.39 is 0 Å². The third kappa shape index (κ3) is 3.61. The second-order valence-electron chi connectivity index (χ2n) is 8.31. The number of anilines is 2. The highest BCUT2D eigenvalue weighted by Crippen LogP contribution is 2.34. The number of hydrogen-bond donors (Lipinski definition) is 2. The number of carbonyl (C=O) groups is 1. The number of benzene rings is 2. The summed E-state index contributed by atoms with van der Waals surface area (Å²) >= 11 is 0. The number of furan rings is 1. The Bertz CT molecular complexity index is 1020. The molecule has 3 aromatic rings. The summed E-state index contributed by atoms with van der Waals surface area (Å²) in [7, 11) is 0. The molecule has 4 heterocycles. The van der Waals surface area contributed by atoms with Crippen molar-refractivity contribution in [1.82, 2.24) is 10.2 Å². The molecule has 3 aliphatic rings. The molecule has 2 unspecified atom stereocenters. The predicted octanol–water partition coefficient (Wildman–Crippen LogP) is 4.90. The lowest BCUT2D eigenvalue weighted by Gasteiger charge is -2.49. The number of nitrogens with one attached hydrogen (secondary N) is 2. The predicted molar refractivity (Wildman–Crippen MR) is 119 cm³/mol. The molecule has 3 fully saturated rings. The largest absolute Gasteiger partial charge is 0.451 e. The van der Waals surface area contributed by atoms with Gasteiger partial charge in [-0.1, -0.05) is 30.3 Å². The lowest BCUT2D eigenvalue weighted by atomic mass is 9.79. The average molecular weight is 402 g/mol. The number of amides is 1. The number of nitrogens with zero attached hydrogens (tertiary/aromatic N) is 1. The van der Waals surface area contributed by atoms with Gasteiger partial charge in [0.05, 0.1) is 0 Å². The van der Waals surface area contributed by atoms with Crippen molar-refractivity contribution < 1.29 is 9.21 Å². The lowest BCUT2D eigenvalue weighted by Crippen LogP contribution is -2.62. The van der Waals surface area contributed by atoms with Crippen molar-refractivity contribution in [3.05, 3.63) is 72.5 Å². The van der Waals surface area contributed by atoms with Crippen molar-refractivity contribution in [2.24, 2.45) is 5.92 Å². The Morgan fingerprint density at radius 3 is 2.47 bits per heavy atom. The summed E-state index contributed by atoms with van der Waals surface area (Å²) in [6.45, 7) is 4.51. The van der Waals surface area contributed by atoms with Gasteiger partial charge in [-0.15, -0.1) is 0 Å². The Labute approximate surface area is 177 Å². The minimum Gasteiger partial charge on any atom is -0.451 e. The average Bonchev–Trinajstić information content (AvgIpc) is 3.28. The molecule has 0 aliphatic carbocycles. The van der Waals surface area contributed by atoms with Gasteiger partial charge in [0.25, 0.3) is 5.91 Å².